The van der Waals surface area contributed by atoms with Crippen LogP contribution in [0.15, 0.2) is 49.1 Å². The SMILES string of the molecule is CCNC(Cn1cnc2ccccc21)c1cncc(F)c1. The van der Waals surface area contributed by atoms with Crippen LogP contribution in [0.3, 0.4) is 0 Å². The molecule has 0 bridgehead atoms. The van der Waals surface area contributed by atoms with Crippen LogP contribution in [0.4, 0.5) is 4.39 Å². The summed E-state index contributed by atoms with van der Waals surface area (Å²) in [6.45, 7) is 3.51. The minimum Gasteiger partial charge on any atom is -0.329 e. The summed E-state index contributed by atoms with van der Waals surface area (Å²) in [5.74, 6) is -0.314. The normalized spacial score (nSPS) is 12.7. The van der Waals surface area contributed by atoms with Crippen molar-refractivity contribution in [3.8, 4) is 0 Å². The van der Waals surface area contributed by atoms with E-state index in [-0.39, 0.29) is 11.9 Å². The summed E-state index contributed by atoms with van der Waals surface area (Å²) in [7, 11) is 0. The predicted octanol–water partition coefficient (Wildman–Crippen LogP) is 2.92. The van der Waals surface area contributed by atoms with Gasteiger partial charge in [0.15, 0.2) is 0 Å². The van der Waals surface area contributed by atoms with E-state index in [1.165, 1.54) is 12.3 Å². The van der Waals surface area contributed by atoms with E-state index in [0.29, 0.717) is 6.54 Å². The van der Waals surface area contributed by atoms with Crippen LogP contribution < -0.4 is 5.32 Å². The molecule has 3 rings (SSSR count). The monoisotopic (exact) mass is 284 g/mol. The predicted molar refractivity (Wildman–Crippen MR) is 80.3 cm³/mol. The molecule has 0 amide bonds. The molecule has 0 saturated heterocycles. The molecule has 3 aromatic rings. The molecule has 0 aliphatic carbocycles. The molecule has 2 aromatic heterocycles. The average molecular weight is 284 g/mol. The highest BCUT2D eigenvalue weighted by atomic mass is 19.1. The van der Waals surface area contributed by atoms with Gasteiger partial charge in [-0.05, 0) is 30.3 Å². The number of rotatable bonds is 5. The first-order valence-electron chi connectivity index (χ1n) is 7.01. The maximum absolute atomic E-state index is 13.4. The molecule has 0 spiro atoms. The summed E-state index contributed by atoms with van der Waals surface area (Å²) >= 11 is 0. The zero-order chi connectivity index (χ0) is 14.7. The Morgan fingerprint density at radius 3 is 2.95 bits per heavy atom. The van der Waals surface area contributed by atoms with E-state index in [4.69, 9.17) is 0 Å². The molecule has 0 aliphatic heterocycles. The Labute approximate surface area is 122 Å². The zero-order valence-corrected chi connectivity index (χ0v) is 11.8. The van der Waals surface area contributed by atoms with Gasteiger partial charge in [-0.1, -0.05) is 19.1 Å². The van der Waals surface area contributed by atoms with E-state index in [2.05, 4.69) is 19.9 Å². The molecule has 5 heteroatoms. The second kappa shape index (κ2) is 6.01. The molecule has 0 radical (unpaired) electrons. The number of benzene rings is 1. The number of likely N-dealkylation sites (N-methyl/N-ethyl adjacent to an activating group) is 1. The third-order valence-corrected chi connectivity index (χ3v) is 3.49. The maximum Gasteiger partial charge on any atom is 0.141 e. The van der Waals surface area contributed by atoms with E-state index in [9.17, 15) is 4.39 Å². The number of halogens is 1. The molecule has 1 aromatic carbocycles. The van der Waals surface area contributed by atoms with E-state index in [1.807, 2.05) is 37.5 Å². The molecule has 0 saturated carbocycles. The van der Waals surface area contributed by atoms with E-state index in [1.54, 1.807) is 6.20 Å². The quantitative estimate of drug-likeness (QED) is 0.783. The molecule has 21 heavy (non-hydrogen) atoms. The largest absolute Gasteiger partial charge is 0.329 e. The van der Waals surface area contributed by atoms with Gasteiger partial charge in [-0.3, -0.25) is 4.98 Å². The van der Waals surface area contributed by atoms with Gasteiger partial charge >= 0.3 is 0 Å². The molecule has 108 valence electrons. The van der Waals surface area contributed by atoms with Gasteiger partial charge in [0.25, 0.3) is 0 Å². The van der Waals surface area contributed by atoms with Crippen molar-refractivity contribution < 1.29 is 4.39 Å². The molecule has 1 atom stereocenters. The molecule has 1 N–H and O–H groups in total. The van der Waals surface area contributed by atoms with Crippen LogP contribution in [-0.4, -0.2) is 21.1 Å². The summed E-state index contributed by atoms with van der Waals surface area (Å²) < 4.78 is 15.5. The highest BCUT2D eigenvalue weighted by molar-refractivity contribution is 5.74. The maximum atomic E-state index is 13.4. The number of imidazole rings is 1. The molecule has 2 heterocycles. The number of nitrogens with one attached hydrogen (secondary N) is 1. The number of hydrogen-bond acceptors (Lipinski definition) is 3. The third kappa shape index (κ3) is 2.92. The van der Waals surface area contributed by atoms with Crippen LogP contribution in [0, 0.1) is 5.82 Å². The molecule has 1 unspecified atom stereocenters. The van der Waals surface area contributed by atoms with Gasteiger partial charge in [0.2, 0.25) is 0 Å². The van der Waals surface area contributed by atoms with Crippen LogP contribution in [0.2, 0.25) is 0 Å². The molecular weight excluding hydrogens is 267 g/mol. The van der Waals surface area contributed by atoms with E-state index in [0.717, 1.165) is 23.1 Å². The summed E-state index contributed by atoms with van der Waals surface area (Å²) in [4.78, 5) is 8.33. The topological polar surface area (TPSA) is 42.7 Å². The molecule has 4 nitrogen and oxygen atoms in total. The minimum absolute atomic E-state index is 0.00388. The fraction of sp³-hybridized carbons (Fsp3) is 0.250. The van der Waals surface area contributed by atoms with Crippen LogP contribution in [0.1, 0.15) is 18.5 Å². The van der Waals surface area contributed by atoms with E-state index >= 15 is 0 Å². The first-order chi connectivity index (χ1) is 10.3. The lowest BCUT2D eigenvalue weighted by Crippen LogP contribution is -2.25. The third-order valence-electron chi connectivity index (χ3n) is 3.49. The molecule has 0 fully saturated rings. The van der Waals surface area contributed by atoms with Gasteiger partial charge < -0.3 is 9.88 Å². The Morgan fingerprint density at radius 1 is 1.29 bits per heavy atom. The highest BCUT2D eigenvalue weighted by Gasteiger charge is 2.13. The Bertz CT molecular complexity index is 738. The Morgan fingerprint density at radius 2 is 2.14 bits per heavy atom. The number of nitrogens with zero attached hydrogens (tertiary/aromatic N) is 3. The van der Waals surface area contributed by atoms with E-state index < -0.39 is 0 Å². The van der Waals surface area contributed by atoms with Gasteiger partial charge in [0.1, 0.15) is 5.82 Å². The van der Waals surface area contributed by atoms with Crippen LogP contribution >= 0.6 is 0 Å². The molecule has 0 aliphatic rings. The summed E-state index contributed by atoms with van der Waals surface area (Å²) in [6, 6.07) is 9.51. The van der Waals surface area contributed by atoms with Crippen molar-refractivity contribution in [1.29, 1.82) is 0 Å². The second-order valence-electron chi connectivity index (χ2n) is 4.93. The fourth-order valence-corrected chi connectivity index (χ4v) is 2.51. The van der Waals surface area contributed by atoms with Crippen molar-refractivity contribution in [2.45, 2.75) is 19.5 Å². The Kier molecular flexibility index (Phi) is 3.92. The van der Waals surface area contributed by atoms with Gasteiger partial charge in [-0.15, -0.1) is 0 Å². The van der Waals surface area contributed by atoms with Crippen molar-refractivity contribution in [2.24, 2.45) is 0 Å². The average Bonchev–Trinajstić information content (AvgIpc) is 2.90. The second-order valence-corrected chi connectivity index (χ2v) is 4.93. The van der Waals surface area contributed by atoms with Crippen LogP contribution in [-0.2, 0) is 6.54 Å². The van der Waals surface area contributed by atoms with Gasteiger partial charge in [-0.25, -0.2) is 9.37 Å². The van der Waals surface area contributed by atoms with Crippen molar-refractivity contribution >= 4 is 11.0 Å². The van der Waals surface area contributed by atoms with Crippen molar-refractivity contribution in [1.82, 2.24) is 19.9 Å². The Balaban J connectivity index is 1.92. The van der Waals surface area contributed by atoms with Gasteiger partial charge in [0.05, 0.1) is 29.6 Å². The smallest absolute Gasteiger partial charge is 0.141 e. The lowest BCUT2D eigenvalue weighted by atomic mass is 10.1. The van der Waals surface area contributed by atoms with Crippen molar-refractivity contribution in [3.63, 3.8) is 0 Å². The first-order valence-corrected chi connectivity index (χ1v) is 7.01. The van der Waals surface area contributed by atoms with Gasteiger partial charge in [-0.2, -0.15) is 0 Å². The van der Waals surface area contributed by atoms with Crippen LogP contribution in [0.25, 0.3) is 11.0 Å². The summed E-state index contributed by atoms with van der Waals surface area (Å²) in [5, 5.41) is 3.37. The first kappa shape index (κ1) is 13.7. The fourth-order valence-electron chi connectivity index (χ4n) is 2.51. The number of fused-ring (bicyclic) bond motifs is 1. The minimum atomic E-state index is -0.314. The summed E-state index contributed by atoms with van der Waals surface area (Å²) in [6.07, 6.45) is 4.75. The summed E-state index contributed by atoms with van der Waals surface area (Å²) in [5.41, 5.74) is 2.88. The number of pyridine rings is 1. The number of hydrogen-bond donors (Lipinski definition) is 1. The van der Waals surface area contributed by atoms with Crippen molar-refractivity contribution in [3.05, 3.63) is 60.4 Å². The lowest BCUT2D eigenvalue weighted by molar-refractivity contribution is 0.476. The molecular formula is C16H17FN4. The number of para-hydroxylation sites is 2. The number of aromatic nitrogens is 3. The standard InChI is InChI=1S/C16H17FN4/c1-2-19-15(12-7-13(17)9-18-8-12)10-21-11-20-14-5-3-4-6-16(14)21/h3-9,11,15,19H,2,10H2,1H3. The zero-order valence-electron chi connectivity index (χ0n) is 11.8. The Hall–Kier alpha value is -2.27. The van der Waals surface area contributed by atoms with Crippen molar-refractivity contribution in [2.75, 3.05) is 6.54 Å². The van der Waals surface area contributed by atoms with Crippen LogP contribution in [0.5, 0.6) is 0 Å². The van der Waals surface area contributed by atoms with Gasteiger partial charge in [0, 0.05) is 12.7 Å². The lowest BCUT2D eigenvalue weighted by Gasteiger charge is -2.19. The highest BCUT2D eigenvalue weighted by Crippen LogP contribution is 2.19.